The monoisotopic (exact) mass is 213 g/mol. The summed E-state index contributed by atoms with van der Waals surface area (Å²) in [7, 11) is 0. The fraction of sp³-hybridized carbons (Fsp3) is 0.909. The van der Waals surface area contributed by atoms with E-state index in [1.807, 2.05) is 4.90 Å². The number of rotatable bonds is 3. The number of carboxylic acids is 1. The lowest BCUT2D eigenvalue weighted by molar-refractivity contribution is -0.138. The summed E-state index contributed by atoms with van der Waals surface area (Å²) < 4.78 is 0. The largest absolute Gasteiger partial charge is 0.480 e. The van der Waals surface area contributed by atoms with Crippen molar-refractivity contribution in [1.82, 2.24) is 4.90 Å². The van der Waals surface area contributed by atoms with Crippen LogP contribution in [0, 0.1) is 11.3 Å². The maximum Gasteiger partial charge on any atom is 0.317 e. The summed E-state index contributed by atoms with van der Waals surface area (Å²) in [6.45, 7) is 1.96. The van der Waals surface area contributed by atoms with Crippen LogP contribution in [0.4, 0.5) is 0 Å². The number of fused-ring (bicyclic) bond motifs is 1. The highest BCUT2D eigenvalue weighted by Gasteiger charge is 2.47. The standard InChI is InChI=1S/C11H19NO3/c13-8-11-4-2-1-3-9(11)5-12(7-11)6-10(14)15/h9,13H,1-8H2,(H,14,15). The second-order valence-corrected chi connectivity index (χ2v) is 5.03. The van der Waals surface area contributed by atoms with Gasteiger partial charge in [0.15, 0.2) is 0 Å². The predicted octanol–water partition coefficient (Wildman–Crippen LogP) is 0.555. The van der Waals surface area contributed by atoms with Crippen molar-refractivity contribution in [3.05, 3.63) is 0 Å². The lowest BCUT2D eigenvalue weighted by Gasteiger charge is -2.36. The summed E-state index contributed by atoms with van der Waals surface area (Å²) in [6, 6.07) is 0. The number of aliphatic hydroxyl groups is 1. The molecular formula is C11H19NO3. The van der Waals surface area contributed by atoms with Crippen LogP contribution >= 0.6 is 0 Å². The lowest BCUT2D eigenvalue weighted by atomic mass is 9.69. The van der Waals surface area contributed by atoms with Gasteiger partial charge in [0.05, 0.1) is 13.2 Å². The summed E-state index contributed by atoms with van der Waals surface area (Å²) >= 11 is 0. The molecule has 0 aromatic carbocycles. The van der Waals surface area contributed by atoms with Crippen molar-refractivity contribution in [2.24, 2.45) is 11.3 Å². The summed E-state index contributed by atoms with van der Waals surface area (Å²) in [5.41, 5.74) is 0.00764. The van der Waals surface area contributed by atoms with Crippen molar-refractivity contribution in [3.63, 3.8) is 0 Å². The van der Waals surface area contributed by atoms with Crippen LogP contribution in [0.2, 0.25) is 0 Å². The lowest BCUT2D eigenvalue weighted by Crippen LogP contribution is -2.37. The first-order valence-electron chi connectivity index (χ1n) is 5.71. The average Bonchev–Trinajstić information content (AvgIpc) is 2.55. The summed E-state index contributed by atoms with van der Waals surface area (Å²) in [5, 5.41) is 18.3. The van der Waals surface area contributed by atoms with Crippen LogP contribution in [0.25, 0.3) is 0 Å². The molecule has 1 heterocycles. The number of nitrogens with zero attached hydrogens (tertiary/aromatic N) is 1. The van der Waals surface area contributed by atoms with Crippen molar-refractivity contribution in [2.75, 3.05) is 26.2 Å². The highest BCUT2D eigenvalue weighted by atomic mass is 16.4. The zero-order valence-corrected chi connectivity index (χ0v) is 8.98. The Labute approximate surface area is 89.9 Å². The molecule has 86 valence electrons. The van der Waals surface area contributed by atoms with E-state index < -0.39 is 5.97 Å². The third-order valence-electron chi connectivity index (χ3n) is 4.03. The molecule has 2 unspecified atom stereocenters. The minimum atomic E-state index is -0.762. The van der Waals surface area contributed by atoms with Gasteiger partial charge < -0.3 is 10.2 Å². The second-order valence-electron chi connectivity index (χ2n) is 5.03. The highest BCUT2D eigenvalue weighted by molar-refractivity contribution is 5.69. The van der Waals surface area contributed by atoms with Crippen LogP contribution in [0.15, 0.2) is 0 Å². The van der Waals surface area contributed by atoms with Crippen LogP contribution in [0.1, 0.15) is 25.7 Å². The van der Waals surface area contributed by atoms with Crippen molar-refractivity contribution in [1.29, 1.82) is 0 Å². The molecule has 1 saturated carbocycles. The Morgan fingerprint density at radius 3 is 2.87 bits per heavy atom. The van der Waals surface area contributed by atoms with E-state index in [9.17, 15) is 9.90 Å². The number of aliphatic hydroxyl groups excluding tert-OH is 1. The van der Waals surface area contributed by atoms with Crippen molar-refractivity contribution >= 4 is 5.97 Å². The van der Waals surface area contributed by atoms with E-state index in [2.05, 4.69) is 0 Å². The topological polar surface area (TPSA) is 60.8 Å². The molecule has 4 nitrogen and oxygen atoms in total. The molecule has 1 aliphatic heterocycles. The molecule has 0 aromatic rings. The number of carboxylic acid groups (broad SMARTS) is 1. The van der Waals surface area contributed by atoms with E-state index in [1.165, 1.54) is 12.8 Å². The Hall–Kier alpha value is -0.610. The number of aliphatic carboxylic acids is 1. The molecule has 2 fully saturated rings. The molecule has 0 radical (unpaired) electrons. The van der Waals surface area contributed by atoms with Gasteiger partial charge in [0.25, 0.3) is 0 Å². The van der Waals surface area contributed by atoms with Crippen LogP contribution < -0.4 is 0 Å². The highest BCUT2D eigenvalue weighted by Crippen LogP contribution is 2.46. The fourth-order valence-electron chi connectivity index (χ4n) is 3.26. The van der Waals surface area contributed by atoms with Gasteiger partial charge in [0.1, 0.15) is 0 Å². The number of likely N-dealkylation sites (tertiary alicyclic amines) is 1. The molecule has 2 rings (SSSR count). The molecule has 2 N–H and O–H groups in total. The average molecular weight is 213 g/mol. The zero-order chi connectivity index (χ0) is 10.9. The van der Waals surface area contributed by atoms with Crippen LogP contribution in [0.3, 0.4) is 0 Å². The third kappa shape index (κ3) is 2.01. The molecule has 0 aromatic heterocycles. The molecular weight excluding hydrogens is 194 g/mol. The maximum atomic E-state index is 10.6. The van der Waals surface area contributed by atoms with Gasteiger partial charge in [-0.15, -0.1) is 0 Å². The SMILES string of the molecule is O=C(O)CN1CC2CCCCC2(CO)C1. The van der Waals surface area contributed by atoms with E-state index in [-0.39, 0.29) is 18.6 Å². The second kappa shape index (κ2) is 4.10. The van der Waals surface area contributed by atoms with E-state index >= 15 is 0 Å². The molecule has 1 aliphatic carbocycles. The van der Waals surface area contributed by atoms with Crippen LogP contribution in [0.5, 0.6) is 0 Å². The van der Waals surface area contributed by atoms with E-state index in [4.69, 9.17) is 5.11 Å². The van der Waals surface area contributed by atoms with Crippen molar-refractivity contribution in [3.8, 4) is 0 Å². The fourth-order valence-corrected chi connectivity index (χ4v) is 3.26. The summed E-state index contributed by atoms with van der Waals surface area (Å²) in [6.07, 6.45) is 4.62. The van der Waals surface area contributed by atoms with Crippen molar-refractivity contribution in [2.45, 2.75) is 25.7 Å². The molecule has 0 bridgehead atoms. The smallest absolute Gasteiger partial charge is 0.317 e. The molecule has 15 heavy (non-hydrogen) atoms. The molecule has 0 amide bonds. The van der Waals surface area contributed by atoms with Crippen LogP contribution in [-0.4, -0.2) is 47.3 Å². The number of hydrogen-bond donors (Lipinski definition) is 2. The molecule has 2 atom stereocenters. The van der Waals surface area contributed by atoms with Gasteiger partial charge in [-0.1, -0.05) is 12.8 Å². The summed E-state index contributed by atoms with van der Waals surface area (Å²) in [5.74, 6) is -0.252. The van der Waals surface area contributed by atoms with Gasteiger partial charge in [0.2, 0.25) is 0 Å². The van der Waals surface area contributed by atoms with Gasteiger partial charge in [-0.25, -0.2) is 0 Å². The first-order valence-corrected chi connectivity index (χ1v) is 5.71. The van der Waals surface area contributed by atoms with E-state index in [1.54, 1.807) is 0 Å². The quantitative estimate of drug-likeness (QED) is 0.719. The van der Waals surface area contributed by atoms with Gasteiger partial charge in [-0.05, 0) is 18.8 Å². The predicted molar refractivity (Wildman–Crippen MR) is 55.6 cm³/mol. The number of hydrogen-bond acceptors (Lipinski definition) is 3. The minimum Gasteiger partial charge on any atom is -0.480 e. The van der Waals surface area contributed by atoms with Gasteiger partial charge in [-0.2, -0.15) is 0 Å². The Bertz CT molecular complexity index is 256. The third-order valence-corrected chi connectivity index (χ3v) is 4.03. The Kier molecular flexibility index (Phi) is 2.98. The molecule has 2 aliphatic rings. The van der Waals surface area contributed by atoms with Crippen LogP contribution in [-0.2, 0) is 4.79 Å². The van der Waals surface area contributed by atoms with E-state index in [0.29, 0.717) is 5.92 Å². The zero-order valence-electron chi connectivity index (χ0n) is 8.98. The van der Waals surface area contributed by atoms with E-state index in [0.717, 1.165) is 25.9 Å². The minimum absolute atomic E-state index is 0.00764. The molecule has 1 saturated heterocycles. The molecule has 4 heteroatoms. The summed E-state index contributed by atoms with van der Waals surface area (Å²) in [4.78, 5) is 12.6. The Morgan fingerprint density at radius 1 is 1.47 bits per heavy atom. The van der Waals surface area contributed by atoms with Gasteiger partial charge >= 0.3 is 5.97 Å². The normalized spacial score (nSPS) is 36.5. The van der Waals surface area contributed by atoms with Crippen molar-refractivity contribution < 1.29 is 15.0 Å². The Morgan fingerprint density at radius 2 is 2.27 bits per heavy atom. The Balaban J connectivity index is 2.04. The van der Waals surface area contributed by atoms with Gasteiger partial charge in [-0.3, -0.25) is 9.69 Å². The first-order chi connectivity index (χ1) is 7.16. The number of carbonyl (C=O) groups is 1. The first kappa shape index (κ1) is 10.9. The maximum absolute atomic E-state index is 10.6. The molecule has 0 spiro atoms. The van der Waals surface area contributed by atoms with Gasteiger partial charge in [0, 0.05) is 18.5 Å².